The number of nitrogens with zero attached hydrogens (tertiary/aromatic N) is 2. The summed E-state index contributed by atoms with van der Waals surface area (Å²) in [4.78, 5) is 11.0. The highest BCUT2D eigenvalue weighted by Crippen LogP contribution is 2.00. The van der Waals surface area contributed by atoms with Gasteiger partial charge in [0, 0.05) is 13.3 Å². The van der Waals surface area contributed by atoms with E-state index in [1.165, 1.54) is 17.8 Å². The minimum absolute atomic E-state index is 0.0397. The van der Waals surface area contributed by atoms with Crippen LogP contribution in [0.4, 0.5) is 0 Å². The lowest BCUT2D eigenvalue weighted by molar-refractivity contribution is 0.00597. The number of ether oxygens (including phenoxy) is 2. The lowest BCUT2D eigenvalue weighted by atomic mass is 10.3. The number of Topliss-reactive ketones (excluding diaryl/α,β-unsaturated/α-hetero) is 1. The lowest BCUT2D eigenvalue weighted by Gasteiger charge is -2.10. The molecule has 0 saturated carbocycles. The number of aliphatic hydroxyl groups excluding tert-OH is 1. The molecular formula is C11H18N2O4. The highest BCUT2D eigenvalue weighted by molar-refractivity contribution is 5.93. The predicted molar refractivity (Wildman–Crippen MR) is 60.9 cm³/mol. The number of carbonyl (C=O) groups excluding carboxylic acids is 1. The van der Waals surface area contributed by atoms with Crippen LogP contribution < -0.4 is 0 Å². The number of carbonyl (C=O) groups is 1. The van der Waals surface area contributed by atoms with E-state index in [2.05, 4.69) is 5.10 Å². The fraction of sp³-hybridized carbons (Fsp3) is 0.636. The van der Waals surface area contributed by atoms with Crippen LogP contribution in [0.5, 0.6) is 0 Å². The highest BCUT2D eigenvalue weighted by atomic mass is 16.5. The van der Waals surface area contributed by atoms with E-state index in [0.717, 1.165) is 0 Å². The van der Waals surface area contributed by atoms with Crippen molar-refractivity contribution >= 4 is 5.78 Å². The van der Waals surface area contributed by atoms with Gasteiger partial charge in [0.1, 0.15) is 0 Å². The van der Waals surface area contributed by atoms with Gasteiger partial charge in [0.05, 0.1) is 44.2 Å². The second-order valence-electron chi connectivity index (χ2n) is 3.73. The van der Waals surface area contributed by atoms with Crippen molar-refractivity contribution in [1.29, 1.82) is 0 Å². The summed E-state index contributed by atoms with van der Waals surface area (Å²) in [5.74, 6) is -0.0397. The predicted octanol–water partition coefficient (Wildman–Crippen LogP) is 0.110. The Kier molecular flexibility index (Phi) is 5.82. The van der Waals surface area contributed by atoms with Crippen LogP contribution in [0.1, 0.15) is 17.3 Å². The van der Waals surface area contributed by atoms with Crippen LogP contribution in [0.25, 0.3) is 0 Å². The smallest absolute Gasteiger partial charge is 0.162 e. The van der Waals surface area contributed by atoms with E-state index in [-0.39, 0.29) is 12.4 Å². The quantitative estimate of drug-likeness (QED) is 0.517. The number of aromatic nitrogens is 2. The van der Waals surface area contributed by atoms with E-state index < -0.39 is 6.10 Å². The summed E-state index contributed by atoms with van der Waals surface area (Å²) in [7, 11) is 1.59. The normalized spacial score (nSPS) is 12.6. The number of hydrogen-bond donors (Lipinski definition) is 1. The number of methoxy groups -OCH3 is 1. The van der Waals surface area contributed by atoms with Crippen molar-refractivity contribution in [3.05, 3.63) is 18.0 Å². The third kappa shape index (κ3) is 5.08. The first-order valence-electron chi connectivity index (χ1n) is 5.41. The molecule has 0 aliphatic heterocycles. The van der Waals surface area contributed by atoms with E-state index in [1.807, 2.05) is 0 Å². The third-order valence-corrected chi connectivity index (χ3v) is 2.18. The van der Waals surface area contributed by atoms with Crippen LogP contribution in [-0.2, 0) is 16.0 Å². The molecule has 0 fully saturated rings. The first kappa shape index (κ1) is 13.8. The summed E-state index contributed by atoms with van der Waals surface area (Å²) < 4.78 is 11.5. The number of aliphatic hydroxyl groups is 1. The van der Waals surface area contributed by atoms with Gasteiger partial charge >= 0.3 is 0 Å². The standard InChI is InChI=1S/C11H18N2O4/c1-9(14)10-5-12-13(6-10)7-11(15)8-17-4-3-16-2/h5-6,11,15H,3-4,7-8H2,1-2H3. The van der Waals surface area contributed by atoms with Crippen LogP contribution in [0, 0.1) is 0 Å². The summed E-state index contributed by atoms with van der Waals surface area (Å²) in [6.45, 7) is 2.96. The zero-order chi connectivity index (χ0) is 12.7. The molecule has 0 aromatic carbocycles. The molecule has 0 amide bonds. The van der Waals surface area contributed by atoms with Gasteiger partial charge in [0.15, 0.2) is 5.78 Å². The van der Waals surface area contributed by atoms with Crippen LogP contribution in [-0.4, -0.2) is 53.7 Å². The second kappa shape index (κ2) is 7.16. The van der Waals surface area contributed by atoms with Crippen molar-refractivity contribution in [3.8, 4) is 0 Å². The maximum Gasteiger partial charge on any atom is 0.162 e. The average molecular weight is 242 g/mol. The van der Waals surface area contributed by atoms with E-state index in [0.29, 0.717) is 25.3 Å². The van der Waals surface area contributed by atoms with Crippen LogP contribution in [0.15, 0.2) is 12.4 Å². The first-order chi connectivity index (χ1) is 8.13. The highest BCUT2D eigenvalue weighted by Gasteiger charge is 2.08. The van der Waals surface area contributed by atoms with Crippen molar-refractivity contribution < 1.29 is 19.4 Å². The molecule has 96 valence electrons. The van der Waals surface area contributed by atoms with Crippen molar-refractivity contribution in [2.24, 2.45) is 0 Å². The van der Waals surface area contributed by atoms with Gasteiger partial charge in [0.25, 0.3) is 0 Å². The van der Waals surface area contributed by atoms with E-state index in [4.69, 9.17) is 9.47 Å². The SMILES string of the molecule is COCCOCC(O)Cn1cc(C(C)=O)cn1. The van der Waals surface area contributed by atoms with Crippen LogP contribution in [0.3, 0.4) is 0 Å². The molecule has 1 aromatic rings. The molecule has 0 aliphatic rings. The third-order valence-electron chi connectivity index (χ3n) is 2.18. The Bertz CT molecular complexity index is 351. The Morgan fingerprint density at radius 2 is 2.35 bits per heavy atom. The molecule has 6 heteroatoms. The minimum atomic E-state index is -0.647. The molecule has 0 spiro atoms. The van der Waals surface area contributed by atoms with E-state index in [9.17, 15) is 9.90 Å². The Morgan fingerprint density at radius 1 is 1.59 bits per heavy atom. The molecular weight excluding hydrogens is 224 g/mol. The Morgan fingerprint density at radius 3 is 2.94 bits per heavy atom. The maximum absolute atomic E-state index is 11.0. The van der Waals surface area contributed by atoms with Crippen LogP contribution >= 0.6 is 0 Å². The summed E-state index contributed by atoms with van der Waals surface area (Å²) in [5.41, 5.74) is 0.539. The largest absolute Gasteiger partial charge is 0.389 e. The molecule has 1 unspecified atom stereocenters. The maximum atomic E-state index is 11.0. The van der Waals surface area contributed by atoms with E-state index in [1.54, 1.807) is 13.3 Å². The lowest BCUT2D eigenvalue weighted by Crippen LogP contribution is -2.23. The molecule has 1 rings (SSSR count). The molecule has 1 aromatic heterocycles. The number of ketones is 1. The van der Waals surface area contributed by atoms with Crippen molar-refractivity contribution in [2.45, 2.75) is 19.6 Å². The van der Waals surface area contributed by atoms with Crippen LogP contribution in [0.2, 0.25) is 0 Å². The Labute approximate surface area is 100 Å². The summed E-state index contributed by atoms with van der Waals surface area (Å²) in [6, 6.07) is 0. The topological polar surface area (TPSA) is 73.6 Å². The van der Waals surface area contributed by atoms with Gasteiger partial charge in [-0.3, -0.25) is 9.48 Å². The second-order valence-corrected chi connectivity index (χ2v) is 3.73. The zero-order valence-electron chi connectivity index (χ0n) is 10.1. The fourth-order valence-corrected chi connectivity index (χ4v) is 1.28. The molecule has 0 radical (unpaired) electrons. The van der Waals surface area contributed by atoms with Gasteiger partial charge in [-0.1, -0.05) is 0 Å². The zero-order valence-corrected chi connectivity index (χ0v) is 10.1. The molecule has 1 atom stereocenters. The van der Waals surface area contributed by atoms with Gasteiger partial charge in [-0.25, -0.2) is 0 Å². The Balaban J connectivity index is 2.29. The van der Waals surface area contributed by atoms with Crippen molar-refractivity contribution in [2.75, 3.05) is 26.9 Å². The van der Waals surface area contributed by atoms with Gasteiger partial charge in [-0.15, -0.1) is 0 Å². The Hall–Kier alpha value is -1.24. The van der Waals surface area contributed by atoms with Gasteiger partial charge in [-0.05, 0) is 6.92 Å². The average Bonchev–Trinajstić information content (AvgIpc) is 2.73. The van der Waals surface area contributed by atoms with Gasteiger partial charge in [0.2, 0.25) is 0 Å². The fourth-order valence-electron chi connectivity index (χ4n) is 1.28. The minimum Gasteiger partial charge on any atom is -0.389 e. The molecule has 1 heterocycles. The molecule has 0 saturated heterocycles. The van der Waals surface area contributed by atoms with Crippen molar-refractivity contribution in [1.82, 2.24) is 9.78 Å². The molecule has 0 bridgehead atoms. The molecule has 17 heavy (non-hydrogen) atoms. The number of rotatable bonds is 8. The summed E-state index contributed by atoms with van der Waals surface area (Å²) >= 11 is 0. The van der Waals surface area contributed by atoms with Crippen molar-refractivity contribution in [3.63, 3.8) is 0 Å². The summed E-state index contributed by atoms with van der Waals surface area (Å²) in [6.07, 6.45) is 2.45. The van der Waals surface area contributed by atoms with E-state index >= 15 is 0 Å². The summed E-state index contributed by atoms with van der Waals surface area (Å²) in [5, 5.41) is 13.6. The molecule has 1 N–H and O–H groups in total. The first-order valence-corrected chi connectivity index (χ1v) is 5.41. The molecule has 6 nitrogen and oxygen atoms in total. The number of hydrogen-bond acceptors (Lipinski definition) is 5. The van der Waals surface area contributed by atoms with Gasteiger partial charge in [-0.2, -0.15) is 5.10 Å². The monoisotopic (exact) mass is 242 g/mol. The van der Waals surface area contributed by atoms with Gasteiger partial charge < -0.3 is 14.6 Å². The molecule has 0 aliphatic carbocycles.